The van der Waals surface area contributed by atoms with Gasteiger partial charge < -0.3 is 0 Å². The van der Waals surface area contributed by atoms with E-state index in [9.17, 15) is 0 Å². The lowest BCUT2D eigenvalue weighted by molar-refractivity contribution is 0.428. The van der Waals surface area contributed by atoms with E-state index in [1.54, 1.807) is 11.1 Å². The van der Waals surface area contributed by atoms with Crippen LogP contribution >= 0.6 is 0 Å². The maximum absolute atomic E-state index is 2.54. The van der Waals surface area contributed by atoms with Crippen molar-refractivity contribution in [2.75, 3.05) is 0 Å². The Morgan fingerprint density at radius 3 is 1.56 bits per heavy atom. The van der Waals surface area contributed by atoms with Crippen LogP contribution in [0.15, 0.2) is 36.4 Å². The second kappa shape index (κ2) is 10.9. The number of unbranched alkanes of at least 4 members (excludes halogenated alkanes) is 3. The number of hydrogen-bond acceptors (Lipinski definition) is 0. The second-order valence-electron chi connectivity index (χ2n) is 8.95. The van der Waals surface area contributed by atoms with Crippen LogP contribution in [0.3, 0.4) is 0 Å². The van der Waals surface area contributed by atoms with Crippen molar-refractivity contribution in [1.82, 2.24) is 0 Å². The van der Waals surface area contributed by atoms with E-state index in [0.717, 1.165) is 11.8 Å². The molecular formula is C27H40. The molecule has 0 heteroatoms. The van der Waals surface area contributed by atoms with Gasteiger partial charge in [0, 0.05) is 0 Å². The lowest BCUT2D eigenvalue weighted by atomic mass is 9.82. The van der Waals surface area contributed by atoms with Gasteiger partial charge in [0.1, 0.15) is 0 Å². The average molecular weight is 365 g/mol. The van der Waals surface area contributed by atoms with Gasteiger partial charge >= 0.3 is 0 Å². The van der Waals surface area contributed by atoms with Crippen LogP contribution in [0.5, 0.6) is 0 Å². The molecule has 0 bridgehead atoms. The average Bonchev–Trinajstić information content (AvgIpc) is 2.73. The molecule has 2 atom stereocenters. The van der Waals surface area contributed by atoms with Crippen molar-refractivity contribution >= 4 is 11.1 Å². The summed E-state index contributed by atoms with van der Waals surface area (Å²) in [4.78, 5) is 0. The van der Waals surface area contributed by atoms with Crippen LogP contribution in [0.4, 0.5) is 0 Å². The summed E-state index contributed by atoms with van der Waals surface area (Å²) in [6.07, 6.45) is 22.7. The molecule has 1 aromatic rings. The van der Waals surface area contributed by atoms with E-state index >= 15 is 0 Å². The largest absolute Gasteiger partial charge is 0.0804 e. The molecule has 0 saturated carbocycles. The van der Waals surface area contributed by atoms with E-state index in [-0.39, 0.29) is 0 Å². The van der Waals surface area contributed by atoms with Crippen LogP contribution in [0.2, 0.25) is 0 Å². The quantitative estimate of drug-likeness (QED) is 0.384. The molecule has 0 radical (unpaired) electrons. The molecule has 0 heterocycles. The highest BCUT2D eigenvalue weighted by atomic mass is 14.2. The summed E-state index contributed by atoms with van der Waals surface area (Å²) < 4.78 is 0. The molecular weight excluding hydrogens is 324 g/mol. The van der Waals surface area contributed by atoms with Gasteiger partial charge in [-0.1, -0.05) is 95.2 Å². The summed E-state index contributed by atoms with van der Waals surface area (Å²) >= 11 is 0. The van der Waals surface area contributed by atoms with E-state index in [0.29, 0.717) is 0 Å². The first-order valence-electron chi connectivity index (χ1n) is 11.8. The van der Waals surface area contributed by atoms with Gasteiger partial charge in [0.2, 0.25) is 0 Å². The zero-order valence-corrected chi connectivity index (χ0v) is 17.8. The van der Waals surface area contributed by atoms with Crippen LogP contribution in [-0.2, 0) is 0 Å². The van der Waals surface area contributed by atoms with Crippen molar-refractivity contribution in [1.29, 1.82) is 0 Å². The molecule has 148 valence electrons. The van der Waals surface area contributed by atoms with Crippen LogP contribution in [0.1, 0.15) is 108 Å². The molecule has 0 aromatic heterocycles. The topological polar surface area (TPSA) is 0 Å². The van der Waals surface area contributed by atoms with Crippen molar-refractivity contribution in [3.8, 4) is 0 Å². The third kappa shape index (κ3) is 6.09. The molecule has 0 spiro atoms. The van der Waals surface area contributed by atoms with E-state index in [4.69, 9.17) is 0 Å². The smallest absolute Gasteiger partial charge is 0.0227 e. The van der Waals surface area contributed by atoms with Crippen LogP contribution in [0, 0.1) is 11.8 Å². The van der Waals surface area contributed by atoms with Gasteiger partial charge in [0.25, 0.3) is 0 Å². The van der Waals surface area contributed by atoms with Gasteiger partial charge in [-0.15, -0.1) is 0 Å². The fraction of sp³-hybridized carbons (Fsp3) is 0.630. The van der Waals surface area contributed by atoms with Gasteiger partial charge in [-0.05, 0) is 72.6 Å². The lowest BCUT2D eigenvalue weighted by Gasteiger charge is -2.23. The highest BCUT2D eigenvalue weighted by Crippen LogP contribution is 2.35. The Balaban J connectivity index is 1.53. The highest BCUT2D eigenvalue weighted by molar-refractivity contribution is 5.71. The lowest BCUT2D eigenvalue weighted by Crippen LogP contribution is -2.06. The van der Waals surface area contributed by atoms with E-state index in [1.165, 1.54) is 94.6 Å². The van der Waals surface area contributed by atoms with E-state index in [1.807, 2.05) is 0 Å². The van der Waals surface area contributed by atoms with E-state index in [2.05, 4.69) is 50.3 Å². The summed E-state index contributed by atoms with van der Waals surface area (Å²) in [5.74, 6) is 1.87. The van der Waals surface area contributed by atoms with Crippen molar-refractivity contribution in [2.24, 2.45) is 11.8 Å². The third-order valence-electron chi connectivity index (χ3n) is 6.85. The maximum atomic E-state index is 2.54. The number of benzene rings is 1. The molecule has 1 aromatic carbocycles. The molecule has 2 aliphatic rings. The Bertz CT molecular complexity index is 616. The molecule has 0 amide bonds. The van der Waals surface area contributed by atoms with Crippen molar-refractivity contribution in [3.05, 3.63) is 47.5 Å². The zero-order chi connectivity index (χ0) is 18.9. The Kier molecular flexibility index (Phi) is 8.24. The summed E-state index contributed by atoms with van der Waals surface area (Å²) in [7, 11) is 0. The zero-order valence-electron chi connectivity index (χ0n) is 17.8. The van der Waals surface area contributed by atoms with Crippen molar-refractivity contribution < 1.29 is 0 Å². The molecule has 0 fully saturated rings. The second-order valence-corrected chi connectivity index (χ2v) is 8.95. The first-order chi connectivity index (χ1) is 13.3. The van der Waals surface area contributed by atoms with Crippen LogP contribution in [0.25, 0.3) is 11.1 Å². The Labute approximate surface area is 168 Å². The minimum absolute atomic E-state index is 0.936. The summed E-state index contributed by atoms with van der Waals surface area (Å²) in [6.45, 7) is 4.61. The summed E-state index contributed by atoms with van der Waals surface area (Å²) in [5, 5.41) is 0. The van der Waals surface area contributed by atoms with Gasteiger partial charge in [-0.25, -0.2) is 0 Å². The SMILES string of the molecule is CCCCCC1CC=C(c2ccc(C3=CCC(CCCC)CC3)cc2)CC1. The molecule has 0 N–H and O–H groups in total. The minimum atomic E-state index is 0.936. The van der Waals surface area contributed by atoms with Gasteiger partial charge in [-0.3, -0.25) is 0 Å². The van der Waals surface area contributed by atoms with Crippen molar-refractivity contribution in [3.63, 3.8) is 0 Å². The van der Waals surface area contributed by atoms with Gasteiger partial charge in [0.15, 0.2) is 0 Å². The van der Waals surface area contributed by atoms with Crippen molar-refractivity contribution in [2.45, 2.75) is 97.3 Å². The predicted molar refractivity (Wildman–Crippen MR) is 121 cm³/mol. The molecule has 3 rings (SSSR count). The molecule has 0 nitrogen and oxygen atoms in total. The Morgan fingerprint density at radius 1 is 0.667 bits per heavy atom. The monoisotopic (exact) mass is 364 g/mol. The molecule has 27 heavy (non-hydrogen) atoms. The molecule has 0 saturated heterocycles. The highest BCUT2D eigenvalue weighted by Gasteiger charge is 2.17. The van der Waals surface area contributed by atoms with Gasteiger partial charge in [0.05, 0.1) is 0 Å². The Hall–Kier alpha value is -1.30. The first-order valence-corrected chi connectivity index (χ1v) is 11.8. The fourth-order valence-corrected chi connectivity index (χ4v) is 4.90. The van der Waals surface area contributed by atoms with Crippen LogP contribution < -0.4 is 0 Å². The first kappa shape index (κ1) is 20.4. The molecule has 2 unspecified atom stereocenters. The Morgan fingerprint density at radius 2 is 1.15 bits per heavy atom. The van der Waals surface area contributed by atoms with Gasteiger partial charge in [-0.2, -0.15) is 0 Å². The third-order valence-corrected chi connectivity index (χ3v) is 6.85. The summed E-state index contributed by atoms with van der Waals surface area (Å²) in [5.41, 5.74) is 6.10. The predicted octanol–water partition coefficient (Wildman–Crippen LogP) is 8.82. The number of allylic oxidation sites excluding steroid dienone is 4. The normalized spacial score (nSPS) is 23.0. The molecule has 2 aliphatic carbocycles. The fourth-order valence-electron chi connectivity index (χ4n) is 4.90. The number of hydrogen-bond donors (Lipinski definition) is 0. The summed E-state index contributed by atoms with van der Waals surface area (Å²) in [6, 6.07) is 9.51. The molecule has 0 aliphatic heterocycles. The minimum Gasteiger partial charge on any atom is -0.0804 e. The van der Waals surface area contributed by atoms with Crippen LogP contribution in [-0.4, -0.2) is 0 Å². The maximum Gasteiger partial charge on any atom is -0.0227 e. The standard InChI is InChI=1S/C27H40/c1-3-5-7-9-23-12-16-25(17-13-23)27-20-18-26(19-21-27)24-14-10-22(11-15-24)8-6-4-2/h14,16,18-23H,3-13,15,17H2,1-2H3. The van der Waals surface area contributed by atoms with E-state index < -0.39 is 0 Å². The number of rotatable bonds is 9.